The number of ether oxygens (including phenoxy) is 1. The van der Waals surface area contributed by atoms with E-state index >= 15 is 0 Å². The number of carbonyl (C=O) groups excluding carboxylic acids is 2. The Kier molecular flexibility index (Phi) is 5.88. The lowest BCUT2D eigenvalue weighted by atomic mass is 10.2. The van der Waals surface area contributed by atoms with E-state index in [1.165, 1.54) is 17.4 Å². The molecule has 3 rings (SSSR count). The second-order valence-electron chi connectivity index (χ2n) is 5.11. The lowest BCUT2D eigenvalue weighted by Gasteiger charge is -2.09. The zero-order valence-electron chi connectivity index (χ0n) is 13.0. The summed E-state index contributed by atoms with van der Waals surface area (Å²) in [6.45, 7) is -0.332. The number of thiophene rings is 1. The van der Waals surface area contributed by atoms with Crippen LogP contribution in [0.1, 0.15) is 9.67 Å². The molecule has 0 fully saturated rings. The predicted octanol–water partition coefficient (Wildman–Crippen LogP) is 4.70. The Bertz CT molecular complexity index is 991. The lowest BCUT2D eigenvalue weighted by molar-refractivity contribution is -0.123. The van der Waals surface area contributed by atoms with Crippen molar-refractivity contribution in [3.63, 3.8) is 0 Å². The fraction of sp³-hybridized carbons (Fsp3) is 0.0588. The number of amides is 2. The van der Waals surface area contributed by atoms with E-state index in [9.17, 15) is 9.59 Å². The molecule has 5 nitrogen and oxygen atoms in total. The summed E-state index contributed by atoms with van der Waals surface area (Å²) in [7, 11) is 0. The first-order valence-electron chi connectivity index (χ1n) is 7.30. The van der Waals surface area contributed by atoms with E-state index in [1.54, 1.807) is 12.1 Å². The quantitative estimate of drug-likeness (QED) is 0.591. The molecule has 1 heterocycles. The van der Waals surface area contributed by atoms with Gasteiger partial charge in [-0.2, -0.15) is 0 Å². The molecule has 134 valence electrons. The van der Waals surface area contributed by atoms with Gasteiger partial charge in [0.25, 0.3) is 11.8 Å². The number of nitrogens with one attached hydrogen (secondary N) is 2. The normalized spacial score (nSPS) is 10.6. The van der Waals surface area contributed by atoms with Gasteiger partial charge < -0.3 is 4.74 Å². The van der Waals surface area contributed by atoms with Gasteiger partial charge in [0.2, 0.25) is 0 Å². The summed E-state index contributed by atoms with van der Waals surface area (Å²) in [5.74, 6) is -0.749. The number of halogens is 3. The van der Waals surface area contributed by atoms with Crippen molar-refractivity contribution < 1.29 is 14.3 Å². The van der Waals surface area contributed by atoms with E-state index in [2.05, 4.69) is 10.9 Å². The van der Waals surface area contributed by atoms with Crippen LogP contribution in [0, 0.1) is 0 Å². The van der Waals surface area contributed by atoms with E-state index in [-0.39, 0.29) is 11.6 Å². The highest BCUT2D eigenvalue weighted by atomic mass is 35.5. The molecule has 9 heteroatoms. The van der Waals surface area contributed by atoms with Crippen LogP contribution in [0.5, 0.6) is 5.75 Å². The van der Waals surface area contributed by atoms with Crippen LogP contribution in [0.3, 0.4) is 0 Å². The van der Waals surface area contributed by atoms with Crippen LogP contribution >= 0.6 is 46.1 Å². The second kappa shape index (κ2) is 8.14. The first-order valence-corrected chi connectivity index (χ1v) is 9.25. The molecule has 0 radical (unpaired) electrons. The second-order valence-corrected chi connectivity index (χ2v) is 7.38. The van der Waals surface area contributed by atoms with Gasteiger partial charge in [0.05, 0.1) is 10.0 Å². The lowest BCUT2D eigenvalue weighted by Crippen LogP contribution is -2.43. The zero-order chi connectivity index (χ0) is 18.7. The van der Waals surface area contributed by atoms with E-state index in [4.69, 9.17) is 39.5 Å². The molecule has 0 aliphatic carbocycles. The Balaban J connectivity index is 1.56. The highest BCUT2D eigenvalue weighted by Gasteiger charge is 2.17. The van der Waals surface area contributed by atoms with Gasteiger partial charge in [-0.05, 0) is 24.3 Å². The van der Waals surface area contributed by atoms with Gasteiger partial charge in [0.15, 0.2) is 6.61 Å². The van der Waals surface area contributed by atoms with Crippen LogP contribution in [0.2, 0.25) is 15.1 Å². The van der Waals surface area contributed by atoms with Crippen LogP contribution in [-0.4, -0.2) is 18.4 Å². The Morgan fingerprint density at radius 3 is 2.54 bits per heavy atom. The summed E-state index contributed by atoms with van der Waals surface area (Å²) in [6.07, 6.45) is 0. The molecule has 2 aromatic carbocycles. The highest BCUT2D eigenvalue weighted by Crippen LogP contribution is 2.34. The molecule has 0 atom stereocenters. The van der Waals surface area contributed by atoms with E-state index in [0.29, 0.717) is 20.7 Å². The molecule has 0 saturated heterocycles. The van der Waals surface area contributed by atoms with E-state index in [1.807, 2.05) is 24.3 Å². The topological polar surface area (TPSA) is 67.4 Å². The molecule has 0 saturated carbocycles. The molecule has 26 heavy (non-hydrogen) atoms. The van der Waals surface area contributed by atoms with Crippen molar-refractivity contribution in [2.75, 3.05) is 6.61 Å². The van der Waals surface area contributed by atoms with Gasteiger partial charge in [-0.1, -0.05) is 53.0 Å². The Morgan fingerprint density at radius 2 is 1.81 bits per heavy atom. The van der Waals surface area contributed by atoms with Crippen LogP contribution in [-0.2, 0) is 4.79 Å². The minimum atomic E-state index is -0.554. The summed E-state index contributed by atoms with van der Waals surface area (Å²) < 4.78 is 6.17. The molecule has 1 aromatic heterocycles. The number of hydrogen-bond acceptors (Lipinski definition) is 4. The molecular weight excluding hydrogens is 419 g/mol. The molecule has 2 amide bonds. The van der Waals surface area contributed by atoms with Crippen molar-refractivity contribution in [1.82, 2.24) is 10.9 Å². The third-order valence-electron chi connectivity index (χ3n) is 3.31. The zero-order valence-corrected chi connectivity index (χ0v) is 16.1. The Hall–Kier alpha value is -1.99. The molecular formula is C17H11Cl3N2O3S. The van der Waals surface area contributed by atoms with Crippen molar-refractivity contribution in [1.29, 1.82) is 0 Å². The third kappa shape index (κ3) is 4.22. The molecule has 3 aromatic rings. The number of hydrazine groups is 1. The summed E-state index contributed by atoms with van der Waals surface area (Å²) in [4.78, 5) is 24.4. The van der Waals surface area contributed by atoms with Crippen molar-refractivity contribution in [2.24, 2.45) is 0 Å². The first-order chi connectivity index (χ1) is 12.5. The van der Waals surface area contributed by atoms with Gasteiger partial charge in [0, 0.05) is 15.1 Å². The predicted molar refractivity (Wildman–Crippen MR) is 104 cm³/mol. The third-order valence-corrected chi connectivity index (χ3v) is 5.51. The molecule has 2 N–H and O–H groups in total. The minimum absolute atomic E-state index is 0.284. The average molecular weight is 430 g/mol. The number of fused-ring (bicyclic) bond motifs is 1. The summed E-state index contributed by atoms with van der Waals surface area (Å²) >= 11 is 19.2. The van der Waals surface area contributed by atoms with Gasteiger partial charge in [0.1, 0.15) is 10.6 Å². The van der Waals surface area contributed by atoms with Crippen molar-refractivity contribution >= 4 is 68.0 Å². The number of benzene rings is 2. The highest BCUT2D eigenvalue weighted by molar-refractivity contribution is 7.21. The molecule has 0 bridgehead atoms. The largest absolute Gasteiger partial charge is 0.482 e. The monoisotopic (exact) mass is 428 g/mol. The van der Waals surface area contributed by atoms with Crippen LogP contribution < -0.4 is 15.6 Å². The minimum Gasteiger partial charge on any atom is -0.482 e. The maximum Gasteiger partial charge on any atom is 0.281 e. The number of hydrogen-bond donors (Lipinski definition) is 2. The number of carbonyl (C=O) groups is 2. The fourth-order valence-corrected chi connectivity index (χ4v) is 3.99. The Labute approximate surface area is 167 Å². The van der Waals surface area contributed by atoms with Gasteiger partial charge in [-0.15, -0.1) is 11.3 Å². The molecule has 0 aliphatic heterocycles. The van der Waals surface area contributed by atoms with Crippen LogP contribution in [0.15, 0.2) is 42.5 Å². The maximum atomic E-state index is 12.2. The van der Waals surface area contributed by atoms with Crippen molar-refractivity contribution in [2.45, 2.75) is 0 Å². The molecule has 0 aliphatic rings. The summed E-state index contributed by atoms with van der Waals surface area (Å²) in [5.41, 5.74) is 4.58. The van der Waals surface area contributed by atoms with E-state index < -0.39 is 11.8 Å². The summed E-state index contributed by atoms with van der Waals surface area (Å²) in [5, 5.41) is 1.88. The SMILES string of the molecule is O=C(COc1ccc(Cl)cc1Cl)NNC(=O)c1sc2ccccc2c1Cl. The van der Waals surface area contributed by atoms with Crippen LogP contribution in [0.4, 0.5) is 0 Å². The standard InChI is InChI=1S/C17H11Cl3N2O3S/c18-9-5-6-12(11(19)7-9)25-8-14(23)21-22-17(24)16-15(20)10-3-1-2-4-13(10)26-16/h1-7H,8H2,(H,21,23)(H,22,24). The maximum absolute atomic E-state index is 12.2. The fourth-order valence-electron chi connectivity index (χ4n) is 2.11. The average Bonchev–Trinajstić information content (AvgIpc) is 2.96. The van der Waals surface area contributed by atoms with Gasteiger partial charge in [-0.25, -0.2) is 0 Å². The van der Waals surface area contributed by atoms with Crippen molar-refractivity contribution in [3.05, 3.63) is 62.4 Å². The smallest absolute Gasteiger partial charge is 0.281 e. The van der Waals surface area contributed by atoms with Gasteiger partial charge >= 0.3 is 0 Å². The van der Waals surface area contributed by atoms with Gasteiger partial charge in [-0.3, -0.25) is 20.4 Å². The Morgan fingerprint density at radius 1 is 1.04 bits per heavy atom. The number of rotatable bonds is 4. The van der Waals surface area contributed by atoms with Crippen molar-refractivity contribution in [3.8, 4) is 5.75 Å². The van der Waals surface area contributed by atoms with Crippen LogP contribution in [0.25, 0.3) is 10.1 Å². The molecule has 0 unspecified atom stereocenters. The van der Waals surface area contributed by atoms with E-state index in [0.717, 1.165) is 10.1 Å². The summed E-state index contributed by atoms with van der Waals surface area (Å²) in [6, 6.07) is 12.0. The molecule has 0 spiro atoms. The first kappa shape index (κ1) is 18.8.